The number of halogens is 1. The van der Waals surface area contributed by atoms with Crippen molar-refractivity contribution >= 4 is 125 Å². The van der Waals surface area contributed by atoms with Crippen LogP contribution in [0.1, 0.15) is 182 Å². The van der Waals surface area contributed by atoms with Gasteiger partial charge in [0.1, 0.15) is 81.8 Å². The van der Waals surface area contributed by atoms with Crippen molar-refractivity contribution < 1.29 is 71.9 Å². The summed E-state index contributed by atoms with van der Waals surface area (Å²) < 4.78 is 29.5. The average Bonchev–Trinajstić information content (AvgIpc) is 1.61. The van der Waals surface area contributed by atoms with E-state index >= 15 is 0 Å². The zero-order valence-electron chi connectivity index (χ0n) is 69.2. The minimum absolute atomic E-state index is 0.00289. The van der Waals surface area contributed by atoms with Crippen LogP contribution >= 0.6 is 39.5 Å². The first-order valence-corrected chi connectivity index (χ1v) is 41.6. The van der Waals surface area contributed by atoms with Crippen molar-refractivity contribution in [1.29, 1.82) is 0 Å². The van der Waals surface area contributed by atoms with Crippen LogP contribution in [0.3, 0.4) is 0 Å². The van der Waals surface area contributed by atoms with Gasteiger partial charge in [-0.25, -0.2) is 34.1 Å². The van der Waals surface area contributed by atoms with Gasteiger partial charge in [-0.1, -0.05) is 95.3 Å². The SMILES string of the molecule is C=C[C@@H]1C[C@]1(NC(=O)[C@@H]1C[C@@H](Oc2cc(-c3csc(NC(C)C)n3)nc3c(C)c(OC)ccc23)CN1C(=O)[C@@H](NC(=O)NC1(C)CCCC1)C(C)(C)C)C(=O)O.C=C[C@@H]1C[C@]1(NC(=O)[C@@H]1C[C@@H](Oc2cc(C(=O)CBr)nc3c(C)c(OC)ccc23)CN1C(=O)[C@@H](NC(=O)NC1(C)CCCC1)C(C)(C)C)C(=O)OC.CC(C)NC(N)=S. The Hall–Kier alpha value is -9.43. The maximum atomic E-state index is 14.7. The van der Waals surface area contributed by atoms with Crippen LogP contribution in [0.2, 0.25) is 0 Å². The van der Waals surface area contributed by atoms with Crippen molar-refractivity contribution in [1.82, 2.24) is 62.0 Å². The zero-order valence-corrected chi connectivity index (χ0v) is 72.4. The van der Waals surface area contributed by atoms with E-state index in [-0.39, 0.29) is 72.2 Å². The molecular formula is C83H115BrN14O15S2. The quantitative estimate of drug-likeness (QED) is 0.00808. The van der Waals surface area contributed by atoms with E-state index in [0.717, 1.165) is 62.1 Å². The summed E-state index contributed by atoms with van der Waals surface area (Å²) in [6.07, 6.45) is 9.78. The number of ether oxygens (including phenoxy) is 5. The second kappa shape index (κ2) is 36.4. The number of carbonyl (C=O) groups is 9. The molecule has 29 nitrogen and oxygen atoms in total. The lowest BCUT2D eigenvalue weighted by molar-refractivity contribution is -0.148. The van der Waals surface area contributed by atoms with E-state index < -0.39 is 112 Å². The number of carboxylic acids is 1. The van der Waals surface area contributed by atoms with Gasteiger partial charge in [-0.2, -0.15) is 0 Å². The van der Waals surface area contributed by atoms with Gasteiger partial charge in [-0.15, -0.1) is 24.5 Å². The summed E-state index contributed by atoms with van der Waals surface area (Å²) in [5.74, 6) is -2.83. The molecule has 10 atom stereocenters. The molecule has 0 radical (unpaired) electrons. The molecule has 6 fully saturated rings. The van der Waals surface area contributed by atoms with Crippen molar-refractivity contribution in [2.24, 2.45) is 28.4 Å². The molecule has 4 aliphatic carbocycles. The van der Waals surface area contributed by atoms with E-state index in [1.165, 1.54) is 34.3 Å². The molecule has 5 aromatic rings. The highest BCUT2D eigenvalue weighted by molar-refractivity contribution is 9.09. The van der Waals surface area contributed by atoms with Gasteiger partial charge in [0.15, 0.2) is 16.0 Å². The molecule has 8 amide bonds. The smallest absolute Gasteiger partial charge is 0.332 e. The fourth-order valence-corrected chi connectivity index (χ4v) is 17.1. The lowest BCUT2D eigenvalue weighted by Crippen LogP contribution is -2.61. The summed E-state index contributed by atoms with van der Waals surface area (Å²) >= 11 is 9.24. The predicted molar refractivity (Wildman–Crippen MR) is 450 cm³/mol. The van der Waals surface area contributed by atoms with Crippen LogP contribution in [0.15, 0.2) is 67.1 Å². The number of nitrogens with two attached hydrogens (primary N) is 1. The number of aliphatic carboxylic acids is 1. The summed E-state index contributed by atoms with van der Waals surface area (Å²) in [4.78, 5) is 140. The van der Waals surface area contributed by atoms with Crippen LogP contribution in [-0.4, -0.2) is 199 Å². The number of fused-ring (bicyclic) bond motifs is 2. The number of methoxy groups -OCH3 is 3. The summed E-state index contributed by atoms with van der Waals surface area (Å²) in [5.41, 5.74) is 4.17. The number of likely N-dealkylation sites (tertiary alicyclic amines) is 2. The number of esters is 1. The first-order chi connectivity index (χ1) is 54.0. The van der Waals surface area contributed by atoms with Crippen LogP contribution in [0.5, 0.6) is 23.0 Å². The summed E-state index contributed by atoms with van der Waals surface area (Å²) in [6, 6.07) is 6.12. The highest BCUT2D eigenvalue weighted by Crippen LogP contribution is 2.48. The summed E-state index contributed by atoms with van der Waals surface area (Å²) in [5, 5.41) is 38.3. The number of ketones is 1. The molecule has 2 aromatic carbocycles. The molecule has 0 bridgehead atoms. The van der Waals surface area contributed by atoms with E-state index in [1.807, 2.05) is 121 Å². The Labute approximate surface area is 691 Å². The molecule has 2 saturated heterocycles. The highest BCUT2D eigenvalue weighted by Gasteiger charge is 2.63. The number of rotatable bonds is 26. The lowest BCUT2D eigenvalue weighted by Gasteiger charge is -2.36. The van der Waals surface area contributed by atoms with Crippen LogP contribution < -0.4 is 67.2 Å². The maximum absolute atomic E-state index is 14.7. The Morgan fingerprint density at radius 1 is 0.643 bits per heavy atom. The van der Waals surface area contributed by atoms with E-state index in [1.54, 1.807) is 38.5 Å². The third-order valence-corrected chi connectivity index (χ3v) is 23.7. The number of carbonyl (C=O) groups excluding carboxylic acids is 8. The number of benzene rings is 2. The van der Waals surface area contributed by atoms with Gasteiger partial charge in [-0.3, -0.25) is 24.0 Å². The minimum Gasteiger partial charge on any atom is -0.496 e. The minimum atomic E-state index is -1.51. The molecule has 626 valence electrons. The fourth-order valence-electron chi connectivity index (χ4n) is 15.7. The average molecular weight is 1690 g/mol. The Balaban J connectivity index is 0.000000243. The molecular weight excluding hydrogens is 1580 g/mol. The number of Topliss-reactive ketones (excluding diaryl/α,β-unsaturated/α-hetero) is 1. The number of nitrogens with one attached hydrogen (secondary N) is 8. The van der Waals surface area contributed by atoms with Gasteiger partial charge in [-0.05, 0) is 141 Å². The predicted octanol–water partition coefficient (Wildman–Crippen LogP) is 11.0. The van der Waals surface area contributed by atoms with E-state index in [0.29, 0.717) is 79.3 Å². The van der Waals surface area contributed by atoms with E-state index in [9.17, 15) is 48.3 Å². The fraction of sp³-hybridized carbons (Fsp3) is 0.578. The number of aryl methyl sites for hydroxylation is 2. The van der Waals surface area contributed by atoms with Crippen molar-refractivity contribution in [2.45, 2.75) is 245 Å². The number of nitrogens with zero attached hydrogens (tertiary/aromatic N) is 5. The second-order valence-corrected chi connectivity index (χ2v) is 36.1. The number of amides is 8. The molecule has 4 saturated carbocycles. The lowest BCUT2D eigenvalue weighted by atomic mass is 9.85. The van der Waals surface area contributed by atoms with Gasteiger partial charge in [0.25, 0.3) is 0 Å². The first kappa shape index (κ1) is 89.5. The van der Waals surface area contributed by atoms with E-state index in [2.05, 4.69) is 88.8 Å². The van der Waals surface area contributed by atoms with Crippen molar-refractivity contribution in [3.8, 4) is 34.4 Å². The number of thiazole rings is 1. The number of alkyl halides is 1. The molecule has 0 spiro atoms. The molecule has 6 aliphatic rings. The Kier molecular flexibility index (Phi) is 28.3. The first-order valence-electron chi connectivity index (χ1n) is 39.2. The van der Waals surface area contributed by atoms with Crippen LogP contribution in [-0.2, 0) is 33.5 Å². The van der Waals surface area contributed by atoms with Gasteiger partial charge in [0, 0.05) is 87.3 Å². The van der Waals surface area contributed by atoms with Gasteiger partial charge < -0.3 is 86.9 Å². The van der Waals surface area contributed by atoms with E-state index in [4.69, 9.17) is 39.4 Å². The summed E-state index contributed by atoms with van der Waals surface area (Å²) in [7, 11) is 4.41. The Morgan fingerprint density at radius 2 is 1.09 bits per heavy atom. The molecule has 11 N–H and O–H groups in total. The number of pyridine rings is 2. The van der Waals surface area contributed by atoms with Crippen LogP contribution in [0, 0.1) is 36.5 Å². The van der Waals surface area contributed by atoms with Gasteiger partial charge >= 0.3 is 24.0 Å². The number of carboxylic acid groups (broad SMARTS) is 1. The molecule has 5 heterocycles. The molecule has 3 aromatic heterocycles. The number of hydrogen-bond donors (Lipinski definition) is 10. The third-order valence-electron chi connectivity index (χ3n) is 22.3. The zero-order chi connectivity index (χ0) is 84.8. The van der Waals surface area contributed by atoms with Crippen molar-refractivity contribution in [3.05, 3.63) is 83.9 Å². The largest absolute Gasteiger partial charge is 0.496 e. The second-order valence-electron chi connectivity index (χ2n) is 34.3. The topological polar surface area (TPSA) is 387 Å². The number of anilines is 1. The number of urea groups is 2. The normalized spacial score (nSPS) is 22.8. The Morgan fingerprint density at radius 3 is 1.47 bits per heavy atom. The van der Waals surface area contributed by atoms with Crippen LogP contribution in [0.25, 0.3) is 33.2 Å². The molecule has 0 unspecified atom stereocenters. The number of aromatic nitrogens is 3. The van der Waals surface area contributed by atoms with Crippen molar-refractivity contribution in [2.75, 3.05) is 45.1 Å². The van der Waals surface area contributed by atoms with Crippen LogP contribution in [0.4, 0.5) is 14.7 Å². The summed E-state index contributed by atoms with van der Waals surface area (Å²) in [6.45, 7) is 34.4. The standard InChI is InChI=1S/C41H55N7O7S.C38H50BrN5O8.C4H10N2S/c1-10-24-19-41(24,36(51)52)46-34(49)29-17-25(20-48(29)35(50)33(39(5,6)7)45-37(53)47-40(8)15-11-12-16-40)55-31-18-27(28-21-56-38(44-28)42-22(2)3)43-32-23(4)30(54-9)14-13-26(31)32;1-9-22-18-38(22,34(48)51-8)42-32(46)26-16-23(52-29-17-25(27(45)19-39)40-30-21(2)28(50-7)13-12-24(29)30)20-44(26)33(47)31(36(3,4)5)41-35(49)43-37(6)14-10-11-15-37;1-3(2)6-4(5)7/h10,13-14,18,21-22,24-25,29,33H,1,11-12,15-17,19-20H2,2-9H3,(H,42,44)(H,46,49)(H,51,52)(H2,45,47,53);9,12-13,17,22-23,26,31H,1,10-11,14-16,18-20H2,2-8H3,(H,42,46)(H2,41,43,49);3H,1-2H3,(H3,5,6,7)/t24-,25-,29+,33-,41-;22-,23-,26+,31-,38-;/m11./s1. The van der Waals surface area contributed by atoms with Gasteiger partial charge in [0.05, 0.1) is 56.5 Å². The van der Waals surface area contributed by atoms with Crippen molar-refractivity contribution in [3.63, 3.8) is 0 Å². The number of hydrogen-bond acceptors (Lipinski definition) is 20. The highest BCUT2D eigenvalue weighted by atomic mass is 79.9. The molecule has 11 rings (SSSR count). The monoisotopic (exact) mass is 1690 g/mol. The molecule has 2 aliphatic heterocycles. The molecule has 32 heteroatoms. The maximum Gasteiger partial charge on any atom is 0.332 e. The number of thiocarbonyl (C=S) groups is 1. The van der Waals surface area contributed by atoms with Gasteiger partial charge in [0.2, 0.25) is 23.6 Å². The third kappa shape index (κ3) is 20.9. The molecule has 115 heavy (non-hydrogen) atoms. The Bertz CT molecular complexity index is 4530.